The highest BCUT2D eigenvalue weighted by atomic mass is 16.1. The highest BCUT2D eigenvalue weighted by molar-refractivity contribution is 5.94. The molecule has 20 heavy (non-hydrogen) atoms. The molecule has 5 nitrogen and oxygen atoms in total. The molecule has 1 amide bonds. The van der Waals surface area contributed by atoms with Gasteiger partial charge in [-0.1, -0.05) is 17.7 Å². The minimum Gasteiger partial charge on any atom is -0.351 e. The van der Waals surface area contributed by atoms with E-state index in [0.717, 1.165) is 24.2 Å². The van der Waals surface area contributed by atoms with Crippen molar-refractivity contribution >= 4 is 5.91 Å². The Morgan fingerprint density at radius 3 is 2.65 bits per heavy atom. The van der Waals surface area contributed by atoms with Crippen LogP contribution >= 0.6 is 0 Å². The summed E-state index contributed by atoms with van der Waals surface area (Å²) in [7, 11) is 1.89. The van der Waals surface area contributed by atoms with Crippen molar-refractivity contribution in [2.45, 2.75) is 13.5 Å². The van der Waals surface area contributed by atoms with Crippen LogP contribution in [0.3, 0.4) is 0 Å². The number of aryl methyl sites for hydroxylation is 2. The second-order valence-electron chi connectivity index (χ2n) is 4.82. The first-order chi connectivity index (χ1) is 9.65. The lowest BCUT2D eigenvalue weighted by Crippen LogP contribution is -2.31. The van der Waals surface area contributed by atoms with Gasteiger partial charge >= 0.3 is 0 Å². The third kappa shape index (κ3) is 4.20. The summed E-state index contributed by atoms with van der Waals surface area (Å²) in [5.41, 5.74) is 2.99. The fourth-order valence-corrected chi connectivity index (χ4v) is 1.87. The van der Waals surface area contributed by atoms with Crippen molar-refractivity contribution in [1.82, 2.24) is 20.4 Å². The first-order valence-corrected chi connectivity index (χ1v) is 6.68. The number of carbonyl (C=O) groups is 1. The number of carbonyl (C=O) groups excluding carboxylic acids is 1. The Morgan fingerprint density at radius 2 is 2.00 bits per heavy atom. The zero-order valence-corrected chi connectivity index (χ0v) is 11.9. The van der Waals surface area contributed by atoms with Crippen molar-refractivity contribution in [3.05, 3.63) is 53.3 Å². The first-order valence-electron chi connectivity index (χ1n) is 6.68. The predicted molar refractivity (Wildman–Crippen MR) is 78.4 cm³/mol. The maximum Gasteiger partial charge on any atom is 0.251 e. The number of nitrogens with one attached hydrogen (secondary N) is 2. The van der Waals surface area contributed by atoms with Crippen LogP contribution in [0.15, 0.2) is 36.7 Å². The standard InChI is InChI=1S/C15H20N4O/c1-12-3-5-14(6-4-12)15(20)17-8-7-16-9-13-10-18-19(2)11-13/h3-6,10-11,16H,7-9H2,1-2H3,(H,17,20). The van der Waals surface area contributed by atoms with Crippen LogP contribution in [0, 0.1) is 6.92 Å². The van der Waals surface area contributed by atoms with Gasteiger partial charge in [0.25, 0.3) is 5.91 Å². The van der Waals surface area contributed by atoms with Crippen molar-refractivity contribution < 1.29 is 4.79 Å². The van der Waals surface area contributed by atoms with Crippen LogP contribution < -0.4 is 10.6 Å². The molecule has 0 aliphatic carbocycles. The molecule has 0 atom stereocenters. The van der Waals surface area contributed by atoms with Gasteiger partial charge in [-0.05, 0) is 19.1 Å². The molecule has 0 saturated carbocycles. The maximum atomic E-state index is 11.8. The summed E-state index contributed by atoms with van der Waals surface area (Å²) >= 11 is 0. The largest absolute Gasteiger partial charge is 0.351 e. The molecule has 1 heterocycles. The fourth-order valence-electron chi connectivity index (χ4n) is 1.87. The summed E-state index contributed by atoms with van der Waals surface area (Å²) in [6.07, 6.45) is 3.80. The second-order valence-corrected chi connectivity index (χ2v) is 4.82. The van der Waals surface area contributed by atoms with Crippen LogP contribution in [0.1, 0.15) is 21.5 Å². The quantitative estimate of drug-likeness (QED) is 0.778. The van der Waals surface area contributed by atoms with E-state index in [-0.39, 0.29) is 5.91 Å². The Kier molecular flexibility index (Phi) is 4.90. The summed E-state index contributed by atoms with van der Waals surface area (Å²) in [5.74, 6) is -0.0341. The van der Waals surface area contributed by atoms with Crippen LogP contribution in [0.5, 0.6) is 0 Å². The van der Waals surface area contributed by atoms with Gasteiger partial charge in [0.2, 0.25) is 0 Å². The van der Waals surface area contributed by atoms with Gasteiger partial charge in [0.05, 0.1) is 6.20 Å². The lowest BCUT2D eigenvalue weighted by Gasteiger charge is -2.06. The van der Waals surface area contributed by atoms with E-state index in [0.29, 0.717) is 12.1 Å². The van der Waals surface area contributed by atoms with E-state index in [2.05, 4.69) is 15.7 Å². The third-order valence-electron chi connectivity index (χ3n) is 2.99. The molecule has 0 unspecified atom stereocenters. The normalized spacial score (nSPS) is 10.5. The highest BCUT2D eigenvalue weighted by Gasteiger charge is 2.03. The number of hydrogen-bond donors (Lipinski definition) is 2. The van der Waals surface area contributed by atoms with Gasteiger partial charge in [0.15, 0.2) is 0 Å². The first kappa shape index (κ1) is 14.3. The molecule has 0 saturated heterocycles. The summed E-state index contributed by atoms with van der Waals surface area (Å²) in [5, 5.41) is 10.2. The van der Waals surface area contributed by atoms with E-state index in [1.54, 1.807) is 4.68 Å². The Morgan fingerprint density at radius 1 is 1.25 bits per heavy atom. The molecule has 0 bridgehead atoms. The van der Waals surface area contributed by atoms with Crippen LogP contribution in [0.2, 0.25) is 0 Å². The van der Waals surface area contributed by atoms with Crippen molar-refractivity contribution in [3.63, 3.8) is 0 Å². The molecule has 0 radical (unpaired) electrons. The molecular formula is C15H20N4O. The molecule has 1 aromatic heterocycles. The van der Waals surface area contributed by atoms with Gasteiger partial charge in [-0.2, -0.15) is 5.10 Å². The number of amides is 1. The lowest BCUT2D eigenvalue weighted by atomic mass is 10.1. The molecule has 0 fully saturated rings. The Hall–Kier alpha value is -2.14. The molecule has 106 valence electrons. The molecule has 2 aromatic rings. The fraction of sp³-hybridized carbons (Fsp3) is 0.333. The Bertz CT molecular complexity index is 560. The summed E-state index contributed by atoms with van der Waals surface area (Å²) in [6.45, 7) is 4.09. The van der Waals surface area contributed by atoms with Gasteiger partial charge in [-0.15, -0.1) is 0 Å². The van der Waals surface area contributed by atoms with Gasteiger partial charge in [-0.3, -0.25) is 9.48 Å². The highest BCUT2D eigenvalue weighted by Crippen LogP contribution is 2.02. The SMILES string of the molecule is Cc1ccc(C(=O)NCCNCc2cnn(C)c2)cc1. The van der Waals surface area contributed by atoms with Crippen LogP contribution in [-0.4, -0.2) is 28.8 Å². The Balaban J connectivity index is 1.65. The number of nitrogens with zero attached hydrogens (tertiary/aromatic N) is 2. The smallest absolute Gasteiger partial charge is 0.251 e. The molecular weight excluding hydrogens is 252 g/mol. The van der Waals surface area contributed by atoms with Crippen LogP contribution in [0.4, 0.5) is 0 Å². The van der Waals surface area contributed by atoms with E-state index in [1.807, 2.05) is 50.6 Å². The summed E-state index contributed by atoms with van der Waals surface area (Å²) in [6, 6.07) is 7.56. The number of aromatic nitrogens is 2. The van der Waals surface area contributed by atoms with E-state index in [9.17, 15) is 4.79 Å². The van der Waals surface area contributed by atoms with Gasteiger partial charge in [-0.25, -0.2) is 0 Å². The maximum absolute atomic E-state index is 11.8. The van der Waals surface area contributed by atoms with Gasteiger partial charge < -0.3 is 10.6 Å². The van der Waals surface area contributed by atoms with E-state index in [4.69, 9.17) is 0 Å². The monoisotopic (exact) mass is 272 g/mol. The molecule has 0 aliphatic heterocycles. The average molecular weight is 272 g/mol. The zero-order valence-electron chi connectivity index (χ0n) is 11.9. The van der Waals surface area contributed by atoms with E-state index < -0.39 is 0 Å². The number of benzene rings is 1. The van der Waals surface area contributed by atoms with Gasteiger partial charge in [0, 0.05) is 44.0 Å². The molecule has 0 spiro atoms. The van der Waals surface area contributed by atoms with Crippen molar-refractivity contribution in [2.75, 3.05) is 13.1 Å². The molecule has 1 aromatic carbocycles. The third-order valence-corrected chi connectivity index (χ3v) is 2.99. The van der Waals surface area contributed by atoms with E-state index in [1.165, 1.54) is 0 Å². The molecule has 0 aliphatic rings. The summed E-state index contributed by atoms with van der Waals surface area (Å²) in [4.78, 5) is 11.8. The topological polar surface area (TPSA) is 59.0 Å². The second kappa shape index (κ2) is 6.86. The minimum atomic E-state index is -0.0341. The van der Waals surface area contributed by atoms with Crippen LogP contribution in [-0.2, 0) is 13.6 Å². The van der Waals surface area contributed by atoms with E-state index >= 15 is 0 Å². The molecule has 2 rings (SSSR count). The number of rotatable bonds is 6. The molecule has 5 heteroatoms. The van der Waals surface area contributed by atoms with Crippen molar-refractivity contribution in [2.24, 2.45) is 7.05 Å². The lowest BCUT2D eigenvalue weighted by molar-refractivity contribution is 0.0954. The van der Waals surface area contributed by atoms with Crippen LogP contribution in [0.25, 0.3) is 0 Å². The Labute approximate surface area is 119 Å². The predicted octanol–water partition coefficient (Wildman–Crippen LogP) is 1.25. The average Bonchev–Trinajstić information content (AvgIpc) is 2.84. The zero-order chi connectivity index (χ0) is 14.4. The van der Waals surface area contributed by atoms with Crippen molar-refractivity contribution in [1.29, 1.82) is 0 Å². The number of hydrogen-bond acceptors (Lipinski definition) is 3. The van der Waals surface area contributed by atoms with Crippen molar-refractivity contribution in [3.8, 4) is 0 Å². The molecule has 2 N–H and O–H groups in total. The van der Waals surface area contributed by atoms with Gasteiger partial charge in [0.1, 0.15) is 0 Å². The minimum absolute atomic E-state index is 0.0341. The summed E-state index contributed by atoms with van der Waals surface area (Å²) < 4.78 is 1.77.